The van der Waals surface area contributed by atoms with E-state index in [1.54, 1.807) is 0 Å². The molecule has 0 spiro atoms. The molecule has 0 amide bonds. The molecule has 10 heteroatoms. The van der Waals surface area contributed by atoms with Crippen molar-refractivity contribution in [1.82, 2.24) is 0 Å². The van der Waals surface area contributed by atoms with Gasteiger partial charge in [-0.1, -0.05) is 6.07 Å². The Morgan fingerprint density at radius 2 is 0.935 bits per heavy atom. The lowest BCUT2D eigenvalue weighted by atomic mass is 9.88. The van der Waals surface area contributed by atoms with Gasteiger partial charge in [-0.15, -0.1) is 0 Å². The van der Waals surface area contributed by atoms with E-state index < -0.39 is 25.0 Å². The molecule has 3 aliphatic carbocycles. The van der Waals surface area contributed by atoms with Crippen LogP contribution in [0.25, 0.3) is 0 Å². The first-order valence-electron chi connectivity index (χ1n) is 18.7. The van der Waals surface area contributed by atoms with Crippen molar-refractivity contribution in [3.63, 3.8) is 0 Å². The fraction of sp³-hybridized carbons (Fsp3) is 0.833. The predicted molar refractivity (Wildman–Crippen MR) is 192 cm³/mol. The molecule has 6 fully saturated rings. The van der Waals surface area contributed by atoms with E-state index in [1.807, 2.05) is 0 Å². The summed E-state index contributed by atoms with van der Waals surface area (Å²) in [6, 6.07) is 7.70. The van der Waals surface area contributed by atoms with Crippen LogP contribution in [0.3, 0.4) is 0 Å². The highest BCUT2D eigenvalue weighted by Crippen LogP contribution is 2.46. The molecule has 3 heterocycles. The van der Waals surface area contributed by atoms with Gasteiger partial charge in [0.15, 0.2) is 5.75 Å². The average Bonchev–Trinajstić information content (AvgIpc) is 3.88. The molecule has 9 atom stereocenters. The van der Waals surface area contributed by atoms with E-state index in [0.717, 1.165) is 58.3 Å². The second-order valence-electron chi connectivity index (χ2n) is 17.6. The molecule has 0 bridgehead atoms. The first-order chi connectivity index (χ1) is 21.8. The Hall–Kier alpha value is -0.632. The Kier molecular flexibility index (Phi) is 9.75. The van der Waals surface area contributed by atoms with E-state index in [2.05, 4.69) is 61.7 Å². The Morgan fingerprint density at radius 3 is 1.35 bits per heavy atom. The van der Waals surface area contributed by atoms with Crippen LogP contribution in [-0.2, 0) is 14.2 Å². The highest BCUT2D eigenvalue weighted by atomic mass is 28.4. The summed E-state index contributed by atoms with van der Waals surface area (Å²) in [5.41, 5.74) is 0. The Labute approximate surface area is 285 Å². The maximum absolute atomic E-state index is 7.23. The quantitative estimate of drug-likeness (QED) is 0.136. The van der Waals surface area contributed by atoms with Crippen LogP contribution in [0.5, 0.6) is 17.2 Å². The van der Waals surface area contributed by atoms with Crippen LogP contribution >= 0.6 is 0 Å². The van der Waals surface area contributed by atoms with Crippen molar-refractivity contribution in [3.05, 3.63) is 12.1 Å². The smallest absolute Gasteiger partial charge is 0.245 e. The molecule has 9 unspecified atom stereocenters. The molecule has 3 saturated carbocycles. The zero-order chi connectivity index (χ0) is 32.3. The van der Waals surface area contributed by atoms with Crippen LogP contribution in [-0.4, -0.2) is 71.8 Å². The van der Waals surface area contributed by atoms with Crippen molar-refractivity contribution < 1.29 is 27.5 Å². The molecule has 3 radical (unpaired) electrons. The summed E-state index contributed by atoms with van der Waals surface area (Å²) in [6.07, 6.45) is 18.3. The fourth-order valence-corrected chi connectivity index (χ4v) is 15.0. The van der Waals surface area contributed by atoms with Gasteiger partial charge >= 0.3 is 0 Å². The lowest BCUT2D eigenvalue weighted by Gasteiger charge is -2.34. The monoisotopic (exact) mass is 699 g/mol. The molecular formula is C36H59O6Si4. The van der Waals surface area contributed by atoms with Gasteiger partial charge in [0.05, 0.1) is 46.9 Å². The van der Waals surface area contributed by atoms with Gasteiger partial charge in [0, 0.05) is 0 Å². The van der Waals surface area contributed by atoms with Gasteiger partial charge in [-0.3, -0.25) is 0 Å². The van der Waals surface area contributed by atoms with Crippen LogP contribution in [0.1, 0.15) is 77.0 Å². The van der Waals surface area contributed by atoms with E-state index >= 15 is 0 Å². The normalized spacial score (nSPS) is 35.0. The van der Waals surface area contributed by atoms with E-state index in [9.17, 15) is 0 Å². The number of ether oxygens (including phenoxy) is 3. The van der Waals surface area contributed by atoms with Crippen LogP contribution < -0.4 is 18.5 Å². The van der Waals surface area contributed by atoms with Crippen molar-refractivity contribution in [2.45, 2.75) is 171 Å². The summed E-state index contributed by atoms with van der Waals surface area (Å²) in [4.78, 5) is 0. The SMILES string of the molecule is C[Si](C)(CCC1CCC2OC2C1)Oc1ccc([Si])c(O[Si](C)(C)CCC2CCC3OC3C2)c1O[Si](C)(C)CCC1CCC2OC2C1. The Bertz CT molecular complexity index is 1240. The average molecular weight is 700 g/mol. The van der Waals surface area contributed by atoms with E-state index in [4.69, 9.17) is 27.5 Å². The third kappa shape index (κ3) is 8.74. The van der Waals surface area contributed by atoms with Crippen LogP contribution in [0, 0.1) is 17.8 Å². The molecule has 0 N–H and O–H groups in total. The Balaban J connectivity index is 1.06. The minimum atomic E-state index is -2.09. The third-order valence-corrected chi connectivity index (χ3v) is 19.2. The van der Waals surface area contributed by atoms with Crippen molar-refractivity contribution in [2.75, 3.05) is 0 Å². The topological polar surface area (TPSA) is 65.3 Å². The molecule has 6 aliphatic rings. The van der Waals surface area contributed by atoms with Crippen molar-refractivity contribution >= 4 is 40.4 Å². The molecule has 1 aromatic carbocycles. The molecule has 1 aromatic rings. The van der Waals surface area contributed by atoms with Gasteiger partial charge in [0.2, 0.25) is 25.0 Å². The second-order valence-corrected chi connectivity index (χ2v) is 30.9. The highest BCUT2D eigenvalue weighted by molar-refractivity contribution is 6.73. The molecule has 0 aromatic heterocycles. The molecule has 46 heavy (non-hydrogen) atoms. The minimum absolute atomic E-state index is 0.535. The standard InChI is InChI=1S/C36H59O6Si4/c1-44(2,18-15-24-7-10-27-31(21-24)37-27)40-30-13-14-34(43)36(42-46(5,6)20-17-26-9-12-29-33(23-26)39-29)35(30)41-45(3,4)19-16-25-8-11-28-32(22-25)38-28/h13-14,24-29,31-33H,7-12,15-23H2,1-6H3. The fourth-order valence-electron chi connectivity index (χ4n) is 8.73. The first-order valence-corrected chi connectivity index (χ1v) is 28.6. The molecule has 6 nitrogen and oxygen atoms in total. The number of fused-ring (bicyclic) bond motifs is 3. The van der Waals surface area contributed by atoms with E-state index in [1.165, 1.54) is 77.0 Å². The minimum Gasteiger partial charge on any atom is -0.542 e. The van der Waals surface area contributed by atoms with Gasteiger partial charge in [-0.05, 0) is 163 Å². The van der Waals surface area contributed by atoms with Crippen LogP contribution in [0.2, 0.25) is 57.4 Å². The molecule has 255 valence electrons. The van der Waals surface area contributed by atoms with Gasteiger partial charge in [0.25, 0.3) is 0 Å². The maximum Gasteiger partial charge on any atom is 0.245 e. The predicted octanol–water partition coefficient (Wildman–Crippen LogP) is 8.10. The number of hydrogen-bond acceptors (Lipinski definition) is 6. The summed E-state index contributed by atoms with van der Waals surface area (Å²) >= 11 is 0. The largest absolute Gasteiger partial charge is 0.542 e. The Morgan fingerprint density at radius 1 is 0.543 bits per heavy atom. The number of hydrogen-bond donors (Lipinski definition) is 0. The van der Waals surface area contributed by atoms with Gasteiger partial charge < -0.3 is 27.5 Å². The number of rotatable bonds is 15. The summed E-state index contributed by atoms with van der Waals surface area (Å²) in [5.74, 6) is 4.93. The first kappa shape index (κ1) is 33.8. The summed E-state index contributed by atoms with van der Waals surface area (Å²) < 4.78 is 39.0. The van der Waals surface area contributed by atoms with Crippen molar-refractivity contribution in [2.24, 2.45) is 17.8 Å². The highest BCUT2D eigenvalue weighted by Gasteiger charge is 2.46. The van der Waals surface area contributed by atoms with Crippen LogP contribution in [0.4, 0.5) is 0 Å². The molecule has 7 rings (SSSR count). The zero-order valence-electron chi connectivity index (χ0n) is 29.4. The second kappa shape index (κ2) is 13.2. The summed E-state index contributed by atoms with van der Waals surface area (Å²) in [7, 11) is -2.19. The maximum atomic E-state index is 7.23. The number of benzene rings is 1. The van der Waals surface area contributed by atoms with Crippen molar-refractivity contribution in [3.8, 4) is 17.2 Å². The molecule has 3 saturated heterocycles. The summed E-state index contributed by atoms with van der Waals surface area (Å²) in [5, 5.41) is 0.976. The van der Waals surface area contributed by atoms with E-state index in [0.29, 0.717) is 36.6 Å². The van der Waals surface area contributed by atoms with Gasteiger partial charge in [0.1, 0.15) is 11.5 Å². The summed E-state index contributed by atoms with van der Waals surface area (Å²) in [6.45, 7) is 14.3. The molecule has 3 aliphatic heterocycles. The lowest BCUT2D eigenvalue weighted by Crippen LogP contribution is -2.40. The molecular weight excluding hydrogens is 641 g/mol. The van der Waals surface area contributed by atoms with Gasteiger partial charge in [-0.2, -0.15) is 0 Å². The van der Waals surface area contributed by atoms with Gasteiger partial charge in [-0.25, -0.2) is 0 Å². The van der Waals surface area contributed by atoms with Crippen LogP contribution in [0.15, 0.2) is 12.1 Å². The van der Waals surface area contributed by atoms with E-state index in [-0.39, 0.29) is 0 Å². The third-order valence-electron chi connectivity index (χ3n) is 12.0. The number of epoxide rings is 3. The lowest BCUT2D eigenvalue weighted by molar-refractivity contribution is 0.353. The van der Waals surface area contributed by atoms with Crippen molar-refractivity contribution in [1.29, 1.82) is 0 Å². The zero-order valence-corrected chi connectivity index (χ0v) is 33.4.